The summed E-state index contributed by atoms with van der Waals surface area (Å²) in [5, 5.41) is 7.17. The molecule has 0 atom stereocenters. The van der Waals surface area contributed by atoms with Crippen LogP contribution in [-0.2, 0) is 6.54 Å². The third-order valence-electron chi connectivity index (χ3n) is 3.43. The molecule has 3 aromatic rings. The lowest BCUT2D eigenvalue weighted by molar-refractivity contribution is 0.627. The van der Waals surface area contributed by atoms with Gasteiger partial charge in [0.2, 0.25) is 5.95 Å². The van der Waals surface area contributed by atoms with Crippen molar-refractivity contribution in [2.45, 2.75) is 13.5 Å². The maximum Gasteiger partial charge on any atom is 0.225 e. The molecule has 0 radical (unpaired) electrons. The molecule has 1 aromatic heterocycles. The fourth-order valence-electron chi connectivity index (χ4n) is 2.23. The molecular formula is C18H15Cl2FN4. The molecule has 0 saturated heterocycles. The van der Waals surface area contributed by atoms with E-state index in [1.54, 1.807) is 30.3 Å². The topological polar surface area (TPSA) is 49.8 Å². The van der Waals surface area contributed by atoms with Gasteiger partial charge in [0.25, 0.3) is 0 Å². The van der Waals surface area contributed by atoms with Gasteiger partial charge in [-0.25, -0.2) is 9.37 Å². The third kappa shape index (κ3) is 4.59. The normalized spacial score (nSPS) is 10.6. The lowest BCUT2D eigenvalue weighted by Crippen LogP contribution is -2.06. The van der Waals surface area contributed by atoms with E-state index in [-0.39, 0.29) is 5.82 Å². The van der Waals surface area contributed by atoms with Gasteiger partial charge < -0.3 is 10.6 Å². The summed E-state index contributed by atoms with van der Waals surface area (Å²) in [4.78, 5) is 8.78. The molecule has 3 rings (SSSR count). The molecule has 0 saturated carbocycles. The summed E-state index contributed by atoms with van der Waals surface area (Å²) in [5.41, 5.74) is 2.38. The van der Waals surface area contributed by atoms with Crippen LogP contribution < -0.4 is 10.6 Å². The first kappa shape index (κ1) is 17.5. The minimum absolute atomic E-state index is 0.263. The van der Waals surface area contributed by atoms with Gasteiger partial charge >= 0.3 is 0 Å². The molecule has 0 fully saturated rings. The Labute approximate surface area is 155 Å². The fourth-order valence-corrected chi connectivity index (χ4v) is 2.58. The highest BCUT2D eigenvalue weighted by Gasteiger charge is 2.07. The van der Waals surface area contributed by atoms with Crippen molar-refractivity contribution in [3.8, 4) is 0 Å². The Hall–Kier alpha value is -2.37. The molecular weight excluding hydrogens is 362 g/mol. The minimum atomic E-state index is -0.263. The van der Waals surface area contributed by atoms with E-state index in [1.807, 2.05) is 13.0 Å². The van der Waals surface area contributed by atoms with Gasteiger partial charge in [-0.2, -0.15) is 4.98 Å². The highest BCUT2D eigenvalue weighted by Crippen LogP contribution is 2.31. The van der Waals surface area contributed by atoms with Crippen LogP contribution in [0.25, 0.3) is 0 Å². The summed E-state index contributed by atoms with van der Waals surface area (Å²) >= 11 is 12.2. The van der Waals surface area contributed by atoms with Crippen LogP contribution in [0.4, 0.5) is 21.8 Å². The third-order valence-corrected chi connectivity index (χ3v) is 4.25. The number of benzene rings is 2. The monoisotopic (exact) mass is 376 g/mol. The minimum Gasteiger partial charge on any atom is -0.350 e. The van der Waals surface area contributed by atoms with Crippen molar-refractivity contribution < 1.29 is 4.39 Å². The Balaban J connectivity index is 1.76. The van der Waals surface area contributed by atoms with Gasteiger partial charge in [-0.1, -0.05) is 41.4 Å². The van der Waals surface area contributed by atoms with Crippen LogP contribution in [0.1, 0.15) is 11.3 Å². The summed E-state index contributed by atoms with van der Waals surface area (Å²) < 4.78 is 13.0. The Bertz CT molecular complexity index is 885. The summed E-state index contributed by atoms with van der Waals surface area (Å²) in [6, 6.07) is 13.4. The fraction of sp³-hybridized carbons (Fsp3) is 0.111. The number of nitrogens with one attached hydrogen (secondary N) is 2. The number of nitrogens with zero attached hydrogens (tertiary/aromatic N) is 2. The highest BCUT2D eigenvalue weighted by molar-refractivity contribution is 6.43. The van der Waals surface area contributed by atoms with Gasteiger partial charge in [0.05, 0.1) is 15.7 Å². The first-order chi connectivity index (χ1) is 12.0. The van der Waals surface area contributed by atoms with Crippen molar-refractivity contribution in [2.24, 2.45) is 0 Å². The second-order valence-electron chi connectivity index (χ2n) is 5.42. The average Bonchev–Trinajstić information content (AvgIpc) is 2.58. The Morgan fingerprint density at radius 1 is 1.04 bits per heavy atom. The maximum absolute atomic E-state index is 13.0. The lowest BCUT2D eigenvalue weighted by Gasteiger charge is -2.11. The van der Waals surface area contributed by atoms with E-state index in [1.165, 1.54) is 12.1 Å². The number of rotatable bonds is 5. The predicted molar refractivity (Wildman–Crippen MR) is 100 cm³/mol. The number of hydrogen-bond donors (Lipinski definition) is 2. The van der Waals surface area contributed by atoms with E-state index in [0.717, 1.165) is 11.3 Å². The van der Waals surface area contributed by atoms with Crippen LogP contribution in [0.2, 0.25) is 10.0 Å². The second-order valence-corrected chi connectivity index (χ2v) is 6.21. The van der Waals surface area contributed by atoms with E-state index in [2.05, 4.69) is 20.6 Å². The summed E-state index contributed by atoms with van der Waals surface area (Å²) in [5.74, 6) is 0.795. The van der Waals surface area contributed by atoms with E-state index < -0.39 is 0 Å². The van der Waals surface area contributed by atoms with Crippen molar-refractivity contribution in [3.63, 3.8) is 0 Å². The van der Waals surface area contributed by atoms with Crippen molar-refractivity contribution in [1.82, 2.24) is 9.97 Å². The van der Waals surface area contributed by atoms with Gasteiger partial charge in [0, 0.05) is 18.3 Å². The van der Waals surface area contributed by atoms with E-state index >= 15 is 0 Å². The molecule has 2 N–H and O–H groups in total. The predicted octanol–water partition coefficient (Wildman–Crippen LogP) is 5.59. The number of hydrogen-bond acceptors (Lipinski definition) is 4. The molecule has 0 amide bonds. The smallest absolute Gasteiger partial charge is 0.225 e. The molecule has 7 heteroatoms. The Morgan fingerprint density at radius 2 is 1.80 bits per heavy atom. The molecule has 0 unspecified atom stereocenters. The van der Waals surface area contributed by atoms with Gasteiger partial charge in [0.1, 0.15) is 11.6 Å². The molecule has 4 nitrogen and oxygen atoms in total. The summed E-state index contributed by atoms with van der Waals surface area (Å²) in [7, 11) is 0. The Kier molecular flexibility index (Phi) is 5.36. The van der Waals surface area contributed by atoms with E-state index in [0.29, 0.717) is 34.0 Å². The van der Waals surface area contributed by atoms with Crippen LogP contribution in [0.3, 0.4) is 0 Å². The van der Waals surface area contributed by atoms with Gasteiger partial charge in [-0.3, -0.25) is 0 Å². The highest BCUT2D eigenvalue weighted by atomic mass is 35.5. The number of aromatic nitrogens is 2. The quantitative estimate of drug-likeness (QED) is 0.609. The molecule has 25 heavy (non-hydrogen) atoms. The first-order valence-corrected chi connectivity index (χ1v) is 8.32. The zero-order valence-corrected chi connectivity index (χ0v) is 14.9. The molecule has 0 aliphatic carbocycles. The van der Waals surface area contributed by atoms with Crippen LogP contribution in [0.15, 0.2) is 48.5 Å². The SMILES string of the molecule is Cc1cc(Nc2cccc(Cl)c2Cl)nc(NCc2ccc(F)cc2)n1. The Morgan fingerprint density at radius 3 is 2.56 bits per heavy atom. The van der Waals surface area contributed by atoms with Crippen molar-refractivity contribution in [1.29, 1.82) is 0 Å². The average molecular weight is 377 g/mol. The van der Waals surface area contributed by atoms with Crippen molar-refractivity contribution in [3.05, 3.63) is 75.7 Å². The molecule has 0 aliphatic rings. The van der Waals surface area contributed by atoms with Gasteiger partial charge in [-0.15, -0.1) is 0 Å². The standard InChI is InChI=1S/C18H15Cl2FN4/c1-11-9-16(24-15-4-2-3-14(19)17(15)20)25-18(23-11)22-10-12-5-7-13(21)8-6-12/h2-9H,10H2,1H3,(H2,22,23,24,25). The van der Waals surface area contributed by atoms with Crippen LogP contribution in [-0.4, -0.2) is 9.97 Å². The lowest BCUT2D eigenvalue weighted by atomic mass is 10.2. The van der Waals surface area contributed by atoms with E-state index in [9.17, 15) is 4.39 Å². The molecule has 0 spiro atoms. The molecule has 2 aromatic carbocycles. The molecule has 128 valence electrons. The maximum atomic E-state index is 13.0. The molecule has 1 heterocycles. The number of anilines is 3. The van der Waals surface area contributed by atoms with Crippen LogP contribution >= 0.6 is 23.2 Å². The zero-order valence-electron chi connectivity index (χ0n) is 13.4. The number of aryl methyl sites for hydroxylation is 1. The summed E-state index contributed by atoms with van der Waals surface area (Å²) in [6.45, 7) is 2.36. The van der Waals surface area contributed by atoms with Crippen LogP contribution in [0.5, 0.6) is 0 Å². The van der Waals surface area contributed by atoms with Crippen molar-refractivity contribution in [2.75, 3.05) is 10.6 Å². The summed E-state index contributed by atoms with van der Waals surface area (Å²) in [6.07, 6.45) is 0. The van der Waals surface area contributed by atoms with Gasteiger partial charge in [0.15, 0.2) is 0 Å². The molecule has 0 aliphatic heterocycles. The van der Waals surface area contributed by atoms with E-state index in [4.69, 9.17) is 23.2 Å². The second kappa shape index (κ2) is 7.68. The zero-order chi connectivity index (χ0) is 17.8. The number of halogens is 3. The largest absolute Gasteiger partial charge is 0.350 e. The van der Waals surface area contributed by atoms with Gasteiger partial charge in [-0.05, 0) is 36.8 Å². The van der Waals surface area contributed by atoms with Crippen LogP contribution in [0, 0.1) is 12.7 Å². The molecule has 0 bridgehead atoms. The first-order valence-electron chi connectivity index (χ1n) is 7.56. The van der Waals surface area contributed by atoms with Crippen molar-refractivity contribution >= 4 is 40.7 Å².